The highest BCUT2D eigenvalue weighted by molar-refractivity contribution is 7.89. The van der Waals surface area contributed by atoms with Gasteiger partial charge in [-0.2, -0.15) is 4.72 Å². The molecular weight excluding hydrogens is 386 g/mol. The zero-order valence-corrected chi connectivity index (χ0v) is 16.0. The van der Waals surface area contributed by atoms with Crippen LogP contribution in [0.5, 0.6) is 0 Å². The van der Waals surface area contributed by atoms with E-state index in [0.717, 1.165) is 0 Å². The van der Waals surface area contributed by atoms with Crippen molar-refractivity contribution in [2.75, 3.05) is 6.61 Å². The van der Waals surface area contributed by atoms with Crippen LogP contribution in [0.4, 0.5) is 4.79 Å². The molecule has 0 saturated heterocycles. The monoisotopic (exact) mass is 405 g/mol. The van der Waals surface area contributed by atoms with E-state index in [4.69, 9.17) is 16.3 Å². The SMILES string of the molecule is CC(C)NC(=O)NC(=O)COC(=O)[C@H](C)NS(=O)(=O)c1ccc(Cl)cc1. The fourth-order valence-corrected chi connectivity index (χ4v) is 3.00. The van der Waals surface area contributed by atoms with Crippen LogP contribution in [0.1, 0.15) is 20.8 Å². The first-order valence-electron chi connectivity index (χ1n) is 7.56. The smallest absolute Gasteiger partial charge is 0.324 e. The van der Waals surface area contributed by atoms with E-state index in [-0.39, 0.29) is 10.9 Å². The van der Waals surface area contributed by atoms with Gasteiger partial charge in [-0.3, -0.25) is 14.9 Å². The van der Waals surface area contributed by atoms with Gasteiger partial charge in [0, 0.05) is 11.1 Å². The molecule has 0 aliphatic heterocycles. The van der Waals surface area contributed by atoms with Gasteiger partial charge in [0.1, 0.15) is 6.04 Å². The maximum atomic E-state index is 12.2. The van der Waals surface area contributed by atoms with Crippen molar-refractivity contribution in [1.82, 2.24) is 15.4 Å². The Kier molecular flexibility index (Phi) is 8.00. The summed E-state index contributed by atoms with van der Waals surface area (Å²) in [5.74, 6) is -1.81. The number of hydrogen-bond acceptors (Lipinski definition) is 6. The minimum Gasteiger partial charge on any atom is -0.454 e. The Morgan fingerprint density at radius 2 is 1.69 bits per heavy atom. The quantitative estimate of drug-likeness (QED) is 0.574. The molecule has 0 aliphatic carbocycles. The molecule has 1 rings (SSSR count). The summed E-state index contributed by atoms with van der Waals surface area (Å²) >= 11 is 5.70. The van der Waals surface area contributed by atoms with Crippen LogP contribution in [-0.4, -0.2) is 45.0 Å². The lowest BCUT2D eigenvalue weighted by atomic mass is 10.4. The number of carbonyl (C=O) groups is 3. The Labute approximate surface area is 156 Å². The van der Waals surface area contributed by atoms with Gasteiger partial charge in [0.15, 0.2) is 6.61 Å². The van der Waals surface area contributed by atoms with Crippen LogP contribution in [0, 0.1) is 0 Å². The van der Waals surface area contributed by atoms with E-state index in [0.29, 0.717) is 5.02 Å². The Morgan fingerprint density at radius 1 is 1.12 bits per heavy atom. The van der Waals surface area contributed by atoms with Gasteiger partial charge in [-0.1, -0.05) is 11.6 Å². The molecule has 1 aromatic rings. The summed E-state index contributed by atoms with van der Waals surface area (Å²) in [6.45, 7) is 3.95. The summed E-state index contributed by atoms with van der Waals surface area (Å²) in [6, 6.07) is 3.21. The fraction of sp³-hybridized carbons (Fsp3) is 0.400. The third-order valence-electron chi connectivity index (χ3n) is 2.83. The number of benzene rings is 1. The molecule has 0 bridgehead atoms. The Hall–Kier alpha value is -2.17. The first kappa shape index (κ1) is 21.9. The lowest BCUT2D eigenvalue weighted by Crippen LogP contribution is -2.45. The van der Waals surface area contributed by atoms with Gasteiger partial charge in [-0.25, -0.2) is 13.2 Å². The standard InChI is InChI=1S/C15H20ClN3O6S/c1-9(2)17-15(22)18-13(20)8-25-14(21)10(3)19-26(23,24)12-6-4-11(16)5-7-12/h4-7,9-10,19H,8H2,1-3H3,(H2,17,18,20,22)/t10-/m0/s1. The fourth-order valence-electron chi connectivity index (χ4n) is 1.69. The molecule has 0 saturated carbocycles. The Morgan fingerprint density at radius 3 is 2.23 bits per heavy atom. The predicted octanol–water partition coefficient (Wildman–Crippen LogP) is 0.784. The molecule has 1 atom stereocenters. The van der Waals surface area contributed by atoms with Gasteiger partial charge < -0.3 is 10.1 Å². The molecule has 1 aromatic carbocycles. The number of halogens is 1. The summed E-state index contributed by atoms with van der Waals surface area (Å²) in [4.78, 5) is 34.6. The topological polar surface area (TPSA) is 131 Å². The van der Waals surface area contributed by atoms with Crippen molar-refractivity contribution in [1.29, 1.82) is 0 Å². The lowest BCUT2D eigenvalue weighted by molar-refractivity contribution is -0.149. The van der Waals surface area contributed by atoms with Crippen LogP contribution in [-0.2, 0) is 24.3 Å². The second kappa shape index (κ2) is 9.51. The molecule has 11 heteroatoms. The average molecular weight is 406 g/mol. The molecule has 3 amide bonds. The van der Waals surface area contributed by atoms with Crippen LogP contribution in [0.2, 0.25) is 5.02 Å². The van der Waals surface area contributed by atoms with Gasteiger partial charge in [-0.15, -0.1) is 0 Å². The highest BCUT2D eigenvalue weighted by atomic mass is 35.5. The highest BCUT2D eigenvalue weighted by Crippen LogP contribution is 2.14. The second-order valence-electron chi connectivity index (χ2n) is 5.58. The normalized spacial score (nSPS) is 12.3. The first-order valence-corrected chi connectivity index (χ1v) is 9.42. The Bertz CT molecular complexity index is 764. The van der Waals surface area contributed by atoms with Gasteiger partial charge in [-0.05, 0) is 45.0 Å². The van der Waals surface area contributed by atoms with Crippen molar-refractivity contribution in [3.8, 4) is 0 Å². The third kappa shape index (κ3) is 7.38. The summed E-state index contributed by atoms with van der Waals surface area (Å²) in [5.41, 5.74) is 0. The summed E-state index contributed by atoms with van der Waals surface area (Å²) in [7, 11) is -3.97. The number of urea groups is 1. The summed E-state index contributed by atoms with van der Waals surface area (Å²) < 4.78 is 31.1. The summed E-state index contributed by atoms with van der Waals surface area (Å²) in [5, 5.41) is 4.76. The maximum absolute atomic E-state index is 12.2. The molecule has 3 N–H and O–H groups in total. The lowest BCUT2D eigenvalue weighted by Gasteiger charge is -2.14. The van der Waals surface area contributed by atoms with Crippen LogP contribution >= 0.6 is 11.6 Å². The molecule has 0 unspecified atom stereocenters. The zero-order chi connectivity index (χ0) is 19.9. The average Bonchev–Trinajstić information content (AvgIpc) is 2.51. The number of rotatable bonds is 7. The molecule has 0 aliphatic rings. The van der Waals surface area contributed by atoms with Crippen molar-refractivity contribution < 1.29 is 27.5 Å². The van der Waals surface area contributed by atoms with E-state index >= 15 is 0 Å². The number of esters is 1. The van der Waals surface area contributed by atoms with Crippen LogP contribution in [0.25, 0.3) is 0 Å². The summed E-state index contributed by atoms with van der Waals surface area (Å²) in [6.07, 6.45) is 0. The van der Waals surface area contributed by atoms with Gasteiger partial charge in [0.25, 0.3) is 5.91 Å². The molecule has 0 spiro atoms. The van der Waals surface area contributed by atoms with E-state index in [9.17, 15) is 22.8 Å². The van der Waals surface area contributed by atoms with Gasteiger partial charge >= 0.3 is 12.0 Å². The number of sulfonamides is 1. The molecule has 9 nitrogen and oxygen atoms in total. The largest absolute Gasteiger partial charge is 0.454 e. The number of nitrogens with one attached hydrogen (secondary N) is 3. The van der Waals surface area contributed by atoms with Gasteiger partial charge in [0.2, 0.25) is 10.0 Å². The second-order valence-corrected chi connectivity index (χ2v) is 7.73. The van der Waals surface area contributed by atoms with E-state index in [1.165, 1.54) is 31.2 Å². The maximum Gasteiger partial charge on any atom is 0.324 e. The zero-order valence-electron chi connectivity index (χ0n) is 14.4. The minimum absolute atomic E-state index is 0.0790. The van der Waals surface area contributed by atoms with Crippen molar-refractivity contribution in [2.24, 2.45) is 0 Å². The molecule has 0 aromatic heterocycles. The van der Waals surface area contributed by atoms with Crippen LogP contribution in [0.15, 0.2) is 29.2 Å². The molecule has 26 heavy (non-hydrogen) atoms. The molecule has 0 heterocycles. The molecule has 0 radical (unpaired) electrons. The third-order valence-corrected chi connectivity index (χ3v) is 4.64. The molecule has 144 valence electrons. The van der Waals surface area contributed by atoms with Crippen LogP contribution in [0.3, 0.4) is 0 Å². The molecular formula is C15H20ClN3O6S. The van der Waals surface area contributed by atoms with E-state index in [1.54, 1.807) is 13.8 Å². The highest BCUT2D eigenvalue weighted by Gasteiger charge is 2.24. The van der Waals surface area contributed by atoms with Crippen molar-refractivity contribution >= 4 is 39.5 Å². The van der Waals surface area contributed by atoms with E-state index < -0.39 is 40.6 Å². The predicted molar refractivity (Wildman–Crippen MR) is 94.0 cm³/mol. The minimum atomic E-state index is -3.97. The Balaban J connectivity index is 2.53. The molecule has 0 fully saturated rings. The van der Waals surface area contributed by atoms with Gasteiger partial charge in [0.05, 0.1) is 4.90 Å². The van der Waals surface area contributed by atoms with Crippen molar-refractivity contribution in [3.63, 3.8) is 0 Å². The van der Waals surface area contributed by atoms with E-state index in [2.05, 4.69) is 10.0 Å². The number of carbonyl (C=O) groups excluding carboxylic acids is 3. The van der Waals surface area contributed by atoms with Crippen LogP contribution < -0.4 is 15.4 Å². The van der Waals surface area contributed by atoms with E-state index in [1.807, 2.05) is 5.32 Å². The first-order chi connectivity index (χ1) is 12.0. The number of hydrogen-bond donors (Lipinski definition) is 3. The number of amides is 3. The number of imide groups is 1. The number of ether oxygens (including phenoxy) is 1. The van der Waals surface area contributed by atoms with Crippen molar-refractivity contribution in [2.45, 2.75) is 37.8 Å². The van der Waals surface area contributed by atoms with Crippen molar-refractivity contribution in [3.05, 3.63) is 29.3 Å².